The number of thiophene rings is 1. The Morgan fingerprint density at radius 2 is 1.84 bits per heavy atom. The lowest BCUT2D eigenvalue weighted by Gasteiger charge is -2.12. The molecule has 4 aromatic heterocycles. The van der Waals surface area contributed by atoms with Gasteiger partial charge in [-0.25, -0.2) is 9.78 Å². The van der Waals surface area contributed by atoms with Crippen molar-refractivity contribution >= 4 is 45.0 Å². The summed E-state index contributed by atoms with van der Waals surface area (Å²) in [6.45, 7) is 3.94. The standard InChI is InChI=1S/C29H24F3N5O6S/c1-4-37-14(2)19(12-34-37)18-11-21(29(30,31)32)35-27-22(18)23(24(44-27)25(33)38)36-26(39)20-10-9-17(43-20)13-42-16-7-5-15(6-8-16)28(40)41-3/h5-12H,4,13H2,1-3H3,(H2,33,38)(H,36,39). The van der Waals surface area contributed by atoms with Crippen LogP contribution in [0.2, 0.25) is 0 Å². The lowest BCUT2D eigenvalue weighted by Crippen LogP contribution is -2.16. The summed E-state index contributed by atoms with van der Waals surface area (Å²) < 4.78 is 59.0. The molecule has 0 unspecified atom stereocenters. The summed E-state index contributed by atoms with van der Waals surface area (Å²) in [4.78, 5) is 40.7. The van der Waals surface area contributed by atoms with Gasteiger partial charge in [0.15, 0.2) is 5.76 Å². The number of rotatable bonds is 9. The molecule has 0 aliphatic rings. The zero-order chi connectivity index (χ0) is 31.8. The van der Waals surface area contributed by atoms with Gasteiger partial charge in [-0.15, -0.1) is 11.3 Å². The number of amides is 2. The molecular formula is C29H24F3N5O6S. The van der Waals surface area contributed by atoms with Crippen LogP contribution >= 0.6 is 11.3 Å². The highest BCUT2D eigenvalue weighted by atomic mass is 32.1. The fourth-order valence-electron chi connectivity index (χ4n) is 4.49. The zero-order valence-electron chi connectivity index (χ0n) is 23.4. The van der Waals surface area contributed by atoms with Gasteiger partial charge in [0.05, 0.1) is 24.6 Å². The van der Waals surface area contributed by atoms with Gasteiger partial charge in [-0.3, -0.25) is 14.3 Å². The molecule has 0 aliphatic heterocycles. The molecule has 15 heteroatoms. The lowest BCUT2D eigenvalue weighted by atomic mass is 10.0. The number of carbonyl (C=O) groups is 3. The first-order chi connectivity index (χ1) is 20.9. The first-order valence-corrected chi connectivity index (χ1v) is 13.8. The van der Waals surface area contributed by atoms with Crippen LogP contribution in [0.3, 0.4) is 0 Å². The number of hydrogen-bond acceptors (Lipinski definition) is 9. The molecule has 11 nitrogen and oxygen atoms in total. The number of pyridine rings is 1. The fourth-order valence-corrected chi connectivity index (χ4v) is 5.50. The van der Waals surface area contributed by atoms with Crippen LogP contribution in [0.25, 0.3) is 21.3 Å². The number of furan rings is 1. The van der Waals surface area contributed by atoms with E-state index >= 15 is 0 Å². The van der Waals surface area contributed by atoms with Crippen LogP contribution in [0.1, 0.15) is 54.7 Å². The average molecular weight is 628 g/mol. The predicted molar refractivity (Wildman–Crippen MR) is 154 cm³/mol. The smallest absolute Gasteiger partial charge is 0.433 e. The van der Waals surface area contributed by atoms with Crippen molar-refractivity contribution < 1.29 is 41.4 Å². The molecule has 0 aliphatic carbocycles. The van der Waals surface area contributed by atoms with Crippen molar-refractivity contribution in [1.29, 1.82) is 0 Å². The molecule has 1 aromatic carbocycles. The van der Waals surface area contributed by atoms with Gasteiger partial charge in [0.25, 0.3) is 11.8 Å². The second kappa shape index (κ2) is 11.8. The summed E-state index contributed by atoms with van der Waals surface area (Å²) in [6, 6.07) is 9.93. The number of nitrogens with one attached hydrogen (secondary N) is 1. The number of aryl methyl sites for hydroxylation is 1. The van der Waals surface area contributed by atoms with E-state index < -0.39 is 29.7 Å². The van der Waals surface area contributed by atoms with Crippen molar-refractivity contribution in [3.63, 3.8) is 0 Å². The molecule has 0 spiro atoms. The van der Waals surface area contributed by atoms with Crippen molar-refractivity contribution in [3.8, 4) is 16.9 Å². The number of nitrogens with zero attached hydrogens (tertiary/aromatic N) is 3. The van der Waals surface area contributed by atoms with Gasteiger partial charge in [-0.05, 0) is 61.9 Å². The summed E-state index contributed by atoms with van der Waals surface area (Å²) in [5.41, 5.74) is 5.68. The van der Waals surface area contributed by atoms with Crippen LogP contribution in [-0.4, -0.2) is 39.7 Å². The average Bonchev–Trinajstić information content (AvgIpc) is 3.72. The molecular weight excluding hydrogens is 603 g/mol. The van der Waals surface area contributed by atoms with Gasteiger partial charge in [0, 0.05) is 23.2 Å². The molecule has 5 rings (SSSR count). The van der Waals surface area contributed by atoms with E-state index in [0.717, 1.165) is 6.07 Å². The highest BCUT2D eigenvalue weighted by molar-refractivity contribution is 7.21. The summed E-state index contributed by atoms with van der Waals surface area (Å²) in [7, 11) is 1.27. The minimum Gasteiger partial charge on any atom is -0.486 e. The molecule has 228 valence electrons. The highest BCUT2D eigenvalue weighted by Gasteiger charge is 2.35. The van der Waals surface area contributed by atoms with Gasteiger partial charge < -0.3 is 24.9 Å². The monoisotopic (exact) mass is 627 g/mol. The van der Waals surface area contributed by atoms with Crippen LogP contribution in [0.5, 0.6) is 5.75 Å². The number of esters is 1. The number of alkyl halides is 3. The molecule has 3 N–H and O–H groups in total. The van der Waals surface area contributed by atoms with E-state index in [1.807, 2.05) is 6.92 Å². The Bertz CT molecular complexity index is 1890. The molecule has 0 saturated carbocycles. The van der Waals surface area contributed by atoms with Gasteiger partial charge in [-0.2, -0.15) is 18.3 Å². The van der Waals surface area contributed by atoms with Gasteiger partial charge >= 0.3 is 12.1 Å². The van der Waals surface area contributed by atoms with E-state index in [9.17, 15) is 27.6 Å². The first-order valence-electron chi connectivity index (χ1n) is 13.0. The summed E-state index contributed by atoms with van der Waals surface area (Å²) in [5.74, 6) is -1.70. The molecule has 44 heavy (non-hydrogen) atoms. The predicted octanol–water partition coefficient (Wildman–Crippen LogP) is 5.82. The number of ether oxygens (including phenoxy) is 2. The number of halogens is 3. The van der Waals surface area contributed by atoms with E-state index in [1.54, 1.807) is 23.7 Å². The molecule has 0 fully saturated rings. The Balaban J connectivity index is 1.47. The molecule has 5 aromatic rings. The number of primary amides is 1. The lowest BCUT2D eigenvalue weighted by molar-refractivity contribution is -0.140. The number of hydrogen-bond donors (Lipinski definition) is 2. The maximum Gasteiger partial charge on any atom is 0.433 e. The number of nitrogens with two attached hydrogens (primary N) is 1. The summed E-state index contributed by atoms with van der Waals surface area (Å²) >= 11 is 0.635. The number of carbonyl (C=O) groups excluding carboxylic acids is 3. The van der Waals surface area contributed by atoms with Crippen molar-refractivity contribution in [2.75, 3.05) is 12.4 Å². The molecule has 0 bridgehead atoms. The van der Waals surface area contributed by atoms with E-state index in [4.69, 9.17) is 14.9 Å². The molecule has 2 amide bonds. The second-order valence-corrected chi connectivity index (χ2v) is 10.4. The van der Waals surface area contributed by atoms with Crippen LogP contribution in [-0.2, 0) is 24.1 Å². The number of fused-ring (bicyclic) bond motifs is 1. The van der Waals surface area contributed by atoms with Crippen LogP contribution < -0.4 is 15.8 Å². The van der Waals surface area contributed by atoms with E-state index in [0.29, 0.717) is 40.5 Å². The van der Waals surface area contributed by atoms with Crippen LogP contribution in [0.4, 0.5) is 18.9 Å². The molecule has 0 atom stereocenters. The minimum absolute atomic E-state index is 0.0618. The largest absolute Gasteiger partial charge is 0.486 e. The van der Waals surface area contributed by atoms with Crippen molar-refractivity contribution in [3.05, 3.63) is 82.0 Å². The number of benzene rings is 1. The van der Waals surface area contributed by atoms with Gasteiger partial charge in [0.2, 0.25) is 0 Å². The SMILES string of the molecule is CCn1ncc(-c2cc(C(F)(F)F)nc3sc(C(N)=O)c(NC(=O)c4ccc(COc5ccc(C(=O)OC)cc5)o4)c23)c1C. The zero-order valence-corrected chi connectivity index (χ0v) is 24.3. The van der Waals surface area contributed by atoms with Crippen molar-refractivity contribution in [1.82, 2.24) is 14.8 Å². The minimum atomic E-state index is -4.78. The number of methoxy groups -OCH3 is 1. The number of aromatic nitrogens is 3. The Morgan fingerprint density at radius 1 is 1.11 bits per heavy atom. The van der Waals surface area contributed by atoms with Crippen LogP contribution in [0.15, 0.2) is 53.1 Å². The van der Waals surface area contributed by atoms with Crippen LogP contribution in [0, 0.1) is 6.92 Å². The Kier molecular flexibility index (Phi) is 8.15. The van der Waals surface area contributed by atoms with Crippen molar-refractivity contribution in [2.24, 2.45) is 5.73 Å². The van der Waals surface area contributed by atoms with E-state index in [-0.39, 0.29) is 44.5 Å². The third-order valence-corrected chi connectivity index (χ3v) is 7.75. The maximum atomic E-state index is 13.8. The Labute approximate surface area is 251 Å². The highest BCUT2D eigenvalue weighted by Crippen LogP contribution is 2.44. The third kappa shape index (κ3) is 5.86. The summed E-state index contributed by atoms with van der Waals surface area (Å²) in [5, 5.41) is 6.94. The fraction of sp³-hybridized carbons (Fsp3) is 0.207. The van der Waals surface area contributed by atoms with Crippen molar-refractivity contribution in [2.45, 2.75) is 33.2 Å². The Hall–Kier alpha value is -5.18. The number of anilines is 1. The van der Waals surface area contributed by atoms with E-state index in [1.165, 1.54) is 37.6 Å². The quantitative estimate of drug-likeness (QED) is 0.194. The Morgan fingerprint density at radius 3 is 2.45 bits per heavy atom. The van der Waals surface area contributed by atoms with Gasteiger partial charge in [-0.1, -0.05) is 0 Å². The summed E-state index contributed by atoms with van der Waals surface area (Å²) in [6.07, 6.45) is -3.36. The topological polar surface area (TPSA) is 152 Å². The van der Waals surface area contributed by atoms with Gasteiger partial charge in [0.1, 0.15) is 33.5 Å². The normalized spacial score (nSPS) is 11.5. The third-order valence-electron chi connectivity index (χ3n) is 6.65. The molecule has 4 heterocycles. The maximum absolute atomic E-state index is 13.8. The molecule has 0 radical (unpaired) electrons. The first kappa shape index (κ1) is 30.3. The van der Waals surface area contributed by atoms with E-state index in [2.05, 4.69) is 20.1 Å². The molecule has 0 saturated heterocycles. The second-order valence-electron chi connectivity index (χ2n) is 9.39.